The molecule has 0 aliphatic carbocycles. The van der Waals surface area contributed by atoms with Crippen LogP contribution in [0.3, 0.4) is 0 Å². The summed E-state index contributed by atoms with van der Waals surface area (Å²) in [6.07, 6.45) is -0.0711. The topological polar surface area (TPSA) is 58.7 Å². The van der Waals surface area contributed by atoms with Crippen LogP contribution >= 0.6 is 0 Å². The molecule has 0 aromatic heterocycles. The quantitative estimate of drug-likeness (QED) is 0.809. The van der Waals surface area contributed by atoms with Crippen molar-refractivity contribution in [3.05, 3.63) is 29.3 Å². The van der Waals surface area contributed by atoms with Gasteiger partial charge in [-0.05, 0) is 30.2 Å². The molecule has 1 aromatic carbocycles. The first kappa shape index (κ1) is 12.4. The highest BCUT2D eigenvalue weighted by molar-refractivity contribution is 5.51. The SMILES string of the molecule is Cc1cc(N2CCOC(CO)C2)ccc1CN. The van der Waals surface area contributed by atoms with E-state index in [1.807, 2.05) is 0 Å². The van der Waals surface area contributed by atoms with E-state index in [1.54, 1.807) is 0 Å². The van der Waals surface area contributed by atoms with Crippen LogP contribution in [0.15, 0.2) is 18.2 Å². The highest BCUT2D eigenvalue weighted by Gasteiger charge is 2.20. The average Bonchev–Trinajstić information content (AvgIpc) is 2.38. The van der Waals surface area contributed by atoms with Crippen LogP contribution < -0.4 is 10.6 Å². The highest BCUT2D eigenvalue weighted by Crippen LogP contribution is 2.21. The Morgan fingerprint density at radius 3 is 3.00 bits per heavy atom. The zero-order valence-corrected chi connectivity index (χ0v) is 10.2. The number of benzene rings is 1. The lowest BCUT2D eigenvalue weighted by Crippen LogP contribution is -2.44. The summed E-state index contributed by atoms with van der Waals surface area (Å²) in [6.45, 7) is 5.03. The summed E-state index contributed by atoms with van der Waals surface area (Å²) < 4.78 is 5.44. The minimum Gasteiger partial charge on any atom is -0.394 e. The molecule has 17 heavy (non-hydrogen) atoms. The summed E-state index contributed by atoms with van der Waals surface area (Å²) in [5, 5.41) is 9.12. The lowest BCUT2D eigenvalue weighted by atomic mass is 10.1. The Hall–Kier alpha value is -1.10. The first-order chi connectivity index (χ1) is 8.24. The zero-order valence-electron chi connectivity index (χ0n) is 10.2. The molecule has 0 amide bonds. The van der Waals surface area contributed by atoms with Gasteiger partial charge in [-0.2, -0.15) is 0 Å². The summed E-state index contributed by atoms with van der Waals surface area (Å²) in [5.74, 6) is 0. The van der Waals surface area contributed by atoms with Crippen molar-refractivity contribution in [2.24, 2.45) is 5.73 Å². The van der Waals surface area contributed by atoms with E-state index >= 15 is 0 Å². The summed E-state index contributed by atoms with van der Waals surface area (Å²) >= 11 is 0. The number of hydrogen-bond acceptors (Lipinski definition) is 4. The molecule has 1 fully saturated rings. The van der Waals surface area contributed by atoms with Gasteiger partial charge < -0.3 is 20.5 Å². The summed E-state index contributed by atoms with van der Waals surface area (Å²) in [5.41, 5.74) is 9.24. The van der Waals surface area contributed by atoms with Crippen LogP contribution in [0.2, 0.25) is 0 Å². The van der Waals surface area contributed by atoms with Crippen LogP contribution in [-0.2, 0) is 11.3 Å². The Labute approximate surface area is 102 Å². The Kier molecular flexibility index (Phi) is 3.99. The molecule has 94 valence electrons. The van der Waals surface area contributed by atoms with Crippen LogP contribution in [0.1, 0.15) is 11.1 Å². The normalized spacial score (nSPS) is 20.6. The Balaban J connectivity index is 2.13. The van der Waals surface area contributed by atoms with Gasteiger partial charge >= 0.3 is 0 Å². The van der Waals surface area contributed by atoms with Crippen molar-refractivity contribution in [2.45, 2.75) is 19.6 Å². The maximum Gasteiger partial charge on any atom is 0.0980 e. The molecule has 4 nitrogen and oxygen atoms in total. The molecule has 1 aromatic rings. The van der Waals surface area contributed by atoms with Crippen molar-refractivity contribution in [3.8, 4) is 0 Å². The van der Waals surface area contributed by atoms with Crippen molar-refractivity contribution in [1.82, 2.24) is 0 Å². The van der Waals surface area contributed by atoms with Crippen molar-refractivity contribution >= 4 is 5.69 Å². The molecule has 0 bridgehead atoms. The number of aryl methyl sites for hydroxylation is 1. The lowest BCUT2D eigenvalue weighted by Gasteiger charge is -2.34. The molecular weight excluding hydrogens is 216 g/mol. The Morgan fingerprint density at radius 1 is 1.53 bits per heavy atom. The first-order valence-corrected chi connectivity index (χ1v) is 6.01. The van der Waals surface area contributed by atoms with E-state index in [0.29, 0.717) is 13.2 Å². The highest BCUT2D eigenvalue weighted by atomic mass is 16.5. The summed E-state index contributed by atoms with van der Waals surface area (Å²) in [6, 6.07) is 6.32. The monoisotopic (exact) mass is 236 g/mol. The number of nitrogens with zero attached hydrogens (tertiary/aromatic N) is 1. The van der Waals surface area contributed by atoms with Gasteiger partial charge in [-0.1, -0.05) is 6.07 Å². The second-order valence-corrected chi connectivity index (χ2v) is 4.44. The zero-order chi connectivity index (χ0) is 12.3. The average molecular weight is 236 g/mol. The third-order valence-corrected chi connectivity index (χ3v) is 3.25. The van der Waals surface area contributed by atoms with Crippen LogP contribution in [0.4, 0.5) is 5.69 Å². The number of nitrogens with two attached hydrogens (primary N) is 1. The molecule has 0 radical (unpaired) electrons. The van der Waals surface area contributed by atoms with Crippen LogP contribution in [0, 0.1) is 6.92 Å². The van der Waals surface area contributed by atoms with E-state index in [1.165, 1.54) is 16.8 Å². The number of aliphatic hydroxyl groups is 1. The molecule has 0 spiro atoms. The van der Waals surface area contributed by atoms with Gasteiger partial charge in [-0.3, -0.25) is 0 Å². The van der Waals surface area contributed by atoms with Gasteiger partial charge in [0, 0.05) is 25.3 Å². The predicted molar refractivity (Wildman–Crippen MR) is 68.1 cm³/mol. The molecule has 3 N–H and O–H groups in total. The van der Waals surface area contributed by atoms with Crippen LogP contribution in [0.5, 0.6) is 0 Å². The molecule has 1 aliphatic rings. The van der Waals surface area contributed by atoms with Gasteiger partial charge in [0.1, 0.15) is 0 Å². The molecule has 0 saturated carbocycles. The number of hydrogen-bond donors (Lipinski definition) is 2. The van der Waals surface area contributed by atoms with E-state index in [-0.39, 0.29) is 12.7 Å². The van der Waals surface area contributed by atoms with Gasteiger partial charge in [-0.25, -0.2) is 0 Å². The van der Waals surface area contributed by atoms with E-state index < -0.39 is 0 Å². The fourth-order valence-electron chi connectivity index (χ4n) is 2.17. The lowest BCUT2D eigenvalue weighted by molar-refractivity contribution is 0.00356. The fraction of sp³-hybridized carbons (Fsp3) is 0.538. The van der Waals surface area contributed by atoms with Crippen molar-refractivity contribution < 1.29 is 9.84 Å². The second kappa shape index (κ2) is 5.49. The van der Waals surface area contributed by atoms with E-state index in [0.717, 1.165) is 13.1 Å². The van der Waals surface area contributed by atoms with Crippen molar-refractivity contribution in [2.75, 3.05) is 31.2 Å². The van der Waals surface area contributed by atoms with Crippen molar-refractivity contribution in [3.63, 3.8) is 0 Å². The fourth-order valence-corrected chi connectivity index (χ4v) is 2.17. The molecule has 4 heteroatoms. The second-order valence-electron chi connectivity index (χ2n) is 4.44. The van der Waals surface area contributed by atoms with Crippen LogP contribution in [-0.4, -0.2) is 37.5 Å². The molecule has 1 heterocycles. The van der Waals surface area contributed by atoms with Gasteiger partial charge in [0.15, 0.2) is 0 Å². The smallest absolute Gasteiger partial charge is 0.0980 e. The minimum atomic E-state index is -0.0711. The number of morpholine rings is 1. The molecule has 1 aliphatic heterocycles. The third-order valence-electron chi connectivity index (χ3n) is 3.25. The maximum absolute atomic E-state index is 9.12. The van der Waals surface area contributed by atoms with E-state index in [4.69, 9.17) is 15.6 Å². The molecule has 1 atom stereocenters. The number of anilines is 1. The standard InChI is InChI=1S/C13H20N2O2/c1-10-6-12(3-2-11(10)7-14)15-4-5-17-13(8-15)9-16/h2-3,6,13,16H,4-5,7-9,14H2,1H3. The number of aliphatic hydroxyl groups excluding tert-OH is 1. The van der Waals surface area contributed by atoms with E-state index in [2.05, 4.69) is 30.0 Å². The van der Waals surface area contributed by atoms with Crippen molar-refractivity contribution in [1.29, 1.82) is 0 Å². The van der Waals surface area contributed by atoms with Gasteiger partial charge in [0.05, 0.1) is 19.3 Å². The number of ether oxygens (including phenoxy) is 1. The molecular formula is C13H20N2O2. The maximum atomic E-state index is 9.12. The Morgan fingerprint density at radius 2 is 2.35 bits per heavy atom. The van der Waals surface area contributed by atoms with Gasteiger partial charge in [0.2, 0.25) is 0 Å². The Bertz CT molecular complexity index is 382. The predicted octanol–water partition coefficient (Wildman–Crippen LogP) is 0.651. The summed E-state index contributed by atoms with van der Waals surface area (Å²) in [7, 11) is 0. The number of rotatable bonds is 3. The minimum absolute atomic E-state index is 0.0711. The summed E-state index contributed by atoms with van der Waals surface area (Å²) in [4.78, 5) is 2.25. The molecule has 1 saturated heterocycles. The first-order valence-electron chi connectivity index (χ1n) is 6.01. The molecule has 1 unspecified atom stereocenters. The van der Waals surface area contributed by atoms with Gasteiger partial charge in [0.25, 0.3) is 0 Å². The van der Waals surface area contributed by atoms with Gasteiger partial charge in [-0.15, -0.1) is 0 Å². The van der Waals surface area contributed by atoms with Crippen LogP contribution in [0.25, 0.3) is 0 Å². The third kappa shape index (κ3) is 2.77. The van der Waals surface area contributed by atoms with E-state index in [9.17, 15) is 0 Å². The largest absolute Gasteiger partial charge is 0.394 e. The molecule has 2 rings (SSSR count).